The number of fused-ring (bicyclic) bond motifs is 1. The average molecular weight is 431 g/mol. The molecule has 0 saturated carbocycles. The number of benzene rings is 2. The summed E-state index contributed by atoms with van der Waals surface area (Å²) in [4.78, 5) is 19.6. The Morgan fingerprint density at radius 1 is 1.12 bits per heavy atom. The van der Waals surface area contributed by atoms with Crippen LogP contribution < -0.4 is 10.2 Å². The Balaban J connectivity index is 1.29. The van der Waals surface area contributed by atoms with Gasteiger partial charge in [-0.05, 0) is 50.1 Å². The molecule has 0 radical (unpaired) electrons. The molecule has 1 aromatic heterocycles. The van der Waals surface area contributed by atoms with E-state index in [1.54, 1.807) is 4.90 Å². The van der Waals surface area contributed by atoms with E-state index in [1.165, 1.54) is 5.56 Å². The maximum Gasteiger partial charge on any atom is 0.251 e. The van der Waals surface area contributed by atoms with Crippen molar-refractivity contribution in [3.05, 3.63) is 84.0 Å². The van der Waals surface area contributed by atoms with Crippen LogP contribution in [0.3, 0.4) is 0 Å². The van der Waals surface area contributed by atoms with Crippen molar-refractivity contribution in [2.45, 2.75) is 38.9 Å². The number of hydrogen-bond donors (Lipinski definition) is 1. The second-order valence-electron chi connectivity index (χ2n) is 7.99. The highest BCUT2D eigenvalue weighted by atomic mass is 16.5. The van der Waals surface area contributed by atoms with Crippen LogP contribution in [0.25, 0.3) is 11.5 Å². The summed E-state index contributed by atoms with van der Waals surface area (Å²) in [5.74, 6) is 2.13. The molecule has 1 saturated heterocycles. The molecule has 7 nitrogen and oxygen atoms in total. The smallest absolute Gasteiger partial charge is 0.251 e. The van der Waals surface area contributed by atoms with Gasteiger partial charge in [-0.3, -0.25) is 4.79 Å². The lowest BCUT2D eigenvalue weighted by Crippen LogP contribution is -2.47. The van der Waals surface area contributed by atoms with Crippen LogP contribution in [-0.4, -0.2) is 33.4 Å². The van der Waals surface area contributed by atoms with Crippen LogP contribution in [0.4, 0.5) is 0 Å². The predicted octanol–water partition coefficient (Wildman–Crippen LogP) is 4.18. The van der Waals surface area contributed by atoms with Gasteiger partial charge in [-0.2, -0.15) is 0 Å². The molecule has 32 heavy (non-hydrogen) atoms. The van der Waals surface area contributed by atoms with Crippen molar-refractivity contribution in [1.29, 1.82) is 0 Å². The lowest BCUT2D eigenvalue weighted by atomic mass is 10.0. The van der Waals surface area contributed by atoms with Gasteiger partial charge >= 0.3 is 0 Å². The molecule has 2 unspecified atom stereocenters. The number of nitrogens with zero attached hydrogens (tertiary/aromatic N) is 3. The largest absolute Gasteiger partial charge is 0.494 e. The molecule has 2 aromatic carbocycles. The first-order valence-electron chi connectivity index (χ1n) is 10.9. The minimum atomic E-state index is -0.233. The van der Waals surface area contributed by atoms with Crippen LogP contribution >= 0.6 is 0 Å². The van der Waals surface area contributed by atoms with E-state index in [1.807, 2.05) is 73.7 Å². The van der Waals surface area contributed by atoms with E-state index in [-0.39, 0.29) is 18.0 Å². The fourth-order valence-electron chi connectivity index (χ4n) is 4.19. The minimum Gasteiger partial charge on any atom is -0.494 e. The summed E-state index contributed by atoms with van der Waals surface area (Å²) in [6, 6.07) is 17.8. The SMILES string of the molecule is CCOc1ccc(-c2nc(CN3C=CN4NC(c5ccccc5)CC4C3=O)c(C)o2)cc1. The third kappa shape index (κ3) is 3.87. The molecule has 1 N–H and O–H groups in total. The van der Waals surface area contributed by atoms with Crippen LogP contribution in [0.1, 0.15) is 36.4 Å². The van der Waals surface area contributed by atoms with Crippen molar-refractivity contribution in [2.75, 3.05) is 6.61 Å². The van der Waals surface area contributed by atoms with Crippen molar-refractivity contribution in [1.82, 2.24) is 20.3 Å². The number of carbonyl (C=O) groups excluding carboxylic acids is 1. The van der Waals surface area contributed by atoms with E-state index >= 15 is 0 Å². The molecule has 1 amide bonds. The van der Waals surface area contributed by atoms with Gasteiger partial charge in [0.25, 0.3) is 5.91 Å². The molecule has 0 aliphatic carbocycles. The summed E-state index contributed by atoms with van der Waals surface area (Å²) >= 11 is 0. The van der Waals surface area contributed by atoms with E-state index < -0.39 is 0 Å². The first kappa shape index (κ1) is 20.3. The van der Waals surface area contributed by atoms with Gasteiger partial charge in [-0.1, -0.05) is 30.3 Å². The first-order chi connectivity index (χ1) is 15.6. The molecule has 7 heteroatoms. The second-order valence-corrected chi connectivity index (χ2v) is 7.99. The Kier molecular flexibility index (Phi) is 5.41. The normalized spacial score (nSPS) is 20.0. The molecule has 1 fully saturated rings. The van der Waals surface area contributed by atoms with Crippen LogP contribution in [0.15, 0.2) is 71.4 Å². The zero-order valence-electron chi connectivity index (χ0n) is 18.2. The topological polar surface area (TPSA) is 70.8 Å². The highest BCUT2D eigenvalue weighted by Crippen LogP contribution is 2.32. The molecule has 0 bridgehead atoms. The number of ether oxygens (including phenoxy) is 1. The third-order valence-electron chi connectivity index (χ3n) is 5.90. The van der Waals surface area contributed by atoms with E-state index in [4.69, 9.17) is 9.15 Å². The molecule has 2 atom stereocenters. The van der Waals surface area contributed by atoms with Gasteiger partial charge in [-0.25, -0.2) is 10.4 Å². The minimum absolute atomic E-state index is 0.0587. The van der Waals surface area contributed by atoms with Gasteiger partial charge in [0.2, 0.25) is 5.89 Å². The Labute approximate surface area is 187 Å². The summed E-state index contributed by atoms with van der Waals surface area (Å²) in [7, 11) is 0. The molecular formula is C25H26N4O3. The number of nitrogens with one attached hydrogen (secondary N) is 1. The number of carbonyl (C=O) groups is 1. The van der Waals surface area contributed by atoms with Crippen molar-refractivity contribution < 1.29 is 13.9 Å². The molecule has 164 valence electrons. The number of aromatic nitrogens is 1. The van der Waals surface area contributed by atoms with Crippen molar-refractivity contribution >= 4 is 5.91 Å². The molecular weight excluding hydrogens is 404 g/mol. The Morgan fingerprint density at radius 2 is 1.91 bits per heavy atom. The summed E-state index contributed by atoms with van der Waals surface area (Å²) in [6.07, 6.45) is 4.46. The van der Waals surface area contributed by atoms with Gasteiger partial charge < -0.3 is 19.1 Å². The Morgan fingerprint density at radius 3 is 2.66 bits per heavy atom. The number of aryl methyl sites for hydroxylation is 1. The molecule has 0 spiro atoms. The summed E-state index contributed by atoms with van der Waals surface area (Å²) in [5, 5.41) is 1.91. The number of hydrazine groups is 1. The fourth-order valence-corrected chi connectivity index (χ4v) is 4.19. The van der Waals surface area contributed by atoms with E-state index in [0.29, 0.717) is 24.8 Å². The summed E-state index contributed by atoms with van der Waals surface area (Å²) in [6.45, 7) is 4.84. The highest BCUT2D eigenvalue weighted by Gasteiger charge is 2.40. The van der Waals surface area contributed by atoms with Gasteiger partial charge in [0.15, 0.2) is 0 Å². The van der Waals surface area contributed by atoms with Crippen LogP contribution in [0.5, 0.6) is 5.75 Å². The standard InChI is InChI=1S/C25H26N4O3/c1-3-31-20-11-9-19(10-12-20)24-26-22(17(2)32-24)16-28-13-14-29-23(25(28)30)15-21(27-29)18-7-5-4-6-8-18/h4-14,21,23,27H,3,15-16H2,1-2H3. The monoisotopic (exact) mass is 430 g/mol. The number of oxazole rings is 1. The van der Waals surface area contributed by atoms with Crippen LogP contribution in [-0.2, 0) is 11.3 Å². The zero-order chi connectivity index (χ0) is 22.1. The highest BCUT2D eigenvalue weighted by molar-refractivity contribution is 5.84. The van der Waals surface area contributed by atoms with Crippen molar-refractivity contribution in [2.24, 2.45) is 0 Å². The lowest BCUT2D eigenvalue weighted by Gasteiger charge is -2.31. The molecule has 2 aliphatic heterocycles. The fraction of sp³-hybridized carbons (Fsp3) is 0.280. The average Bonchev–Trinajstić information content (AvgIpc) is 3.41. The molecule has 3 heterocycles. The van der Waals surface area contributed by atoms with Crippen molar-refractivity contribution in [3.8, 4) is 17.2 Å². The number of hydrogen-bond acceptors (Lipinski definition) is 6. The molecule has 2 aliphatic rings. The molecule has 3 aromatic rings. The zero-order valence-corrected chi connectivity index (χ0v) is 18.2. The van der Waals surface area contributed by atoms with Gasteiger partial charge in [0, 0.05) is 18.0 Å². The van der Waals surface area contributed by atoms with E-state index in [9.17, 15) is 4.79 Å². The van der Waals surface area contributed by atoms with Gasteiger partial charge in [0.1, 0.15) is 23.2 Å². The predicted molar refractivity (Wildman–Crippen MR) is 120 cm³/mol. The maximum atomic E-state index is 13.2. The number of rotatable bonds is 6. The summed E-state index contributed by atoms with van der Waals surface area (Å²) < 4.78 is 11.4. The third-order valence-corrected chi connectivity index (χ3v) is 5.90. The van der Waals surface area contributed by atoms with Crippen molar-refractivity contribution in [3.63, 3.8) is 0 Å². The Bertz CT molecular complexity index is 1120. The number of amides is 1. The van der Waals surface area contributed by atoms with Crippen LogP contribution in [0.2, 0.25) is 0 Å². The second kappa shape index (κ2) is 8.51. The summed E-state index contributed by atoms with van der Waals surface area (Å²) in [5.41, 5.74) is 6.24. The first-order valence-corrected chi connectivity index (χ1v) is 10.9. The van der Waals surface area contributed by atoms with E-state index in [0.717, 1.165) is 23.4 Å². The van der Waals surface area contributed by atoms with Gasteiger partial charge in [-0.15, -0.1) is 0 Å². The van der Waals surface area contributed by atoms with E-state index in [2.05, 4.69) is 22.5 Å². The van der Waals surface area contributed by atoms with Gasteiger partial charge in [0.05, 0.1) is 19.2 Å². The van der Waals surface area contributed by atoms with Crippen LogP contribution in [0, 0.1) is 6.92 Å². The quantitative estimate of drug-likeness (QED) is 0.633. The molecule has 5 rings (SSSR count). The Hall–Kier alpha value is -3.58. The maximum absolute atomic E-state index is 13.2. The lowest BCUT2D eigenvalue weighted by molar-refractivity contribution is -0.135.